The largest absolute Gasteiger partial charge is 0.496 e. The van der Waals surface area contributed by atoms with Crippen molar-refractivity contribution in [2.24, 2.45) is 0 Å². The predicted molar refractivity (Wildman–Crippen MR) is 79.2 cm³/mol. The summed E-state index contributed by atoms with van der Waals surface area (Å²) in [5, 5.41) is 0. The molecule has 0 N–H and O–H groups in total. The molecule has 20 heavy (non-hydrogen) atoms. The van der Waals surface area contributed by atoms with Crippen LogP contribution in [0.5, 0.6) is 5.75 Å². The highest BCUT2D eigenvalue weighted by atomic mass is 16.5. The van der Waals surface area contributed by atoms with E-state index in [0.29, 0.717) is 0 Å². The number of morpholine rings is 1. The summed E-state index contributed by atoms with van der Waals surface area (Å²) in [5.41, 5.74) is 1.14. The molecule has 1 aromatic carbocycles. The number of methoxy groups -OCH3 is 1. The third-order valence-corrected chi connectivity index (χ3v) is 3.69. The Morgan fingerprint density at radius 2 is 2.00 bits per heavy atom. The first-order valence-corrected chi connectivity index (χ1v) is 7.39. The van der Waals surface area contributed by atoms with Crippen molar-refractivity contribution < 1.29 is 14.2 Å². The SMILES string of the molecule is CCC(OCCN1CCOCC1)c1ccccc1OC. The van der Waals surface area contributed by atoms with Crippen molar-refractivity contribution in [2.75, 3.05) is 46.6 Å². The summed E-state index contributed by atoms with van der Waals surface area (Å²) < 4.78 is 16.8. The normalized spacial score (nSPS) is 17.9. The lowest BCUT2D eigenvalue weighted by Crippen LogP contribution is -2.38. The van der Waals surface area contributed by atoms with Crippen molar-refractivity contribution in [3.63, 3.8) is 0 Å². The van der Waals surface area contributed by atoms with Gasteiger partial charge in [0.2, 0.25) is 0 Å². The average molecular weight is 279 g/mol. The first kappa shape index (κ1) is 15.3. The first-order valence-electron chi connectivity index (χ1n) is 7.39. The number of rotatable bonds is 7. The molecule has 0 aliphatic carbocycles. The third-order valence-electron chi connectivity index (χ3n) is 3.69. The minimum atomic E-state index is 0.104. The van der Waals surface area contributed by atoms with E-state index >= 15 is 0 Å². The van der Waals surface area contributed by atoms with Gasteiger partial charge in [-0.05, 0) is 12.5 Å². The van der Waals surface area contributed by atoms with Gasteiger partial charge in [-0.3, -0.25) is 4.90 Å². The topological polar surface area (TPSA) is 30.9 Å². The highest BCUT2D eigenvalue weighted by molar-refractivity contribution is 5.35. The number of hydrogen-bond donors (Lipinski definition) is 0. The second-order valence-electron chi connectivity index (χ2n) is 4.96. The fourth-order valence-electron chi connectivity index (χ4n) is 2.51. The second-order valence-corrected chi connectivity index (χ2v) is 4.96. The Morgan fingerprint density at radius 3 is 2.70 bits per heavy atom. The molecule has 4 heteroatoms. The highest BCUT2D eigenvalue weighted by Gasteiger charge is 2.16. The lowest BCUT2D eigenvalue weighted by molar-refractivity contribution is -0.000514. The van der Waals surface area contributed by atoms with Gasteiger partial charge in [-0.1, -0.05) is 25.1 Å². The zero-order valence-electron chi connectivity index (χ0n) is 12.5. The maximum absolute atomic E-state index is 6.06. The fraction of sp³-hybridized carbons (Fsp3) is 0.625. The second kappa shape index (κ2) is 8.25. The standard InChI is InChI=1S/C16H25NO3/c1-3-15(14-6-4-5-7-16(14)18-2)20-13-10-17-8-11-19-12-9-17/h4-7,15H,3,8-13H2,1-2H3. The van der Waals surface area contributed by atoms with Crippen molar-refractivity contribution in [1.29, 1.82) is 0 Å². The maximum atomic E-state index is 6.06. The Balaban J connectivity index is 1.85. The van der Waals surface area contributed by atoms with Gasteiger partial charge in [0.05, 0.1) is 33.0 Å². The van der Waals surface area contributed by atoms with Crippen molar-refractivity contribution in [3.05, 3.63) is 29.8 Å². The predicted octanol–water partition coefficient (Wildman–Crippen LogP) is 2.50. The van der Waals surface area contributed by atoms with Crippen LogP contribution in [0.15, 0.2) is 24.3 Å². The van der Waals surface area contributed by atoms with Crippen LogP contribution in [-0.4, -0.2) is 51.5 Å². The van der Waals surface area contributed by atoms with E-state index in [9.17, 15) is 0 Å². The van der Waals surface area contributed by atoms with E-state index < -0.39 is 0 Å². The third kappa shape index (κ3) is 4.20. The first-order chi connectivity index (χ1) is 9.85. The van der Waals surface area contributed by atoms with Crippen molar-refractivity contribution >= 4 is 0 Å². The summed E-state index contributed by atoms with van der Waals surface area (Å²) in [6.07, 6.45) is 1.05. The van der Waals surface area contributed by atoms with Crippen LogP contribution in [0.2, 0.25) is 0 Å². The van der Waals surface area contributed by atoms with E-state index in [1.165, 1.54) is 0 Å². The average Bonchev–Trinajstić information content (AvgIpc) is 2.53. The molecule has 1 aromatic rings. The molecule has 1 unspecified atom stereocenters. The molecule has 0 amide bonds. The monoisotopic (exact) mass is 279 g/mol. The molecule has 1 saturated heterocycles. The minimum absolute atomic E-state index is 0.104. The smallest absolute Gasteiger partial charge is 0.124 e. The van der Waals surface area contributed by atoms with Crippen LogP contribution in [0, 0.1) is 0 Å². The molecule has 0 radical (unpaired) electrons. The fourth-order valence-corrected chi connectivity index (χ4v) is 2.51. The van der Waals surface area contributed by atoms with Gasteiger partial charge in [0.1, 0.15) is 5.75 Å². The molecule has 0 bridgehead atoms. The minimum Gasteiger partial charge on any atom is -0.496 e. The van der Waals surface area contributed by atoms with E-state index in [4.69, 9.17) is 14.2 Å². The summed E-state index contributed by atoms with van der Waals surface area (Å²) >= 11 is 0. The van der Waals surface area contributed by atoms with E-state index in [0.717, 1.165) is 57.2 Å². The van der Waals surface area contributed by atoms with Gasteiger partial charge < -0.3 is 14.2 Å². The lowest BCUT2D eigenvalue weighted by Gasteiger charge is -2.27. The molecule has 0 spiro atoms. The molecule has 1 atom stereocenters. The van der Waals surface area contributed by atoms with Crippen molar-refractivity contribution in [1.82, 2.24) is 4.90 Å². The summed E-state index contributed by atoms with van der Waals surface area (Å²) in [6.45, 7) is 7.55. The van der Waals surface area contributed by atoms with Gasteiger partial charge in [-0.15, -0.1) is 0 Å². The Bertz CT molecular complexity index is 391. The zero-order valence-corrected chi connectivity index (χ0v) is 12.5. The van der Waals surface area contributed by atoms with Crippen LogP contribution in [0.3, 0.4) is 0 Å². The van der Waals surface area contributed by atoms with Gasteiger partial charge >= 0.3 is 0 Å². The number of hydrogen-bond acceptors (Lipinski definition) is 4. The molecule has 4 nitrogen and oxygen atoms in total. The Kier molecular flexibility index (Phi) is 6.30. The molecule has 1 fully saturated rings. The summed E-state index contributed by atoms with van der Waals surface area (Å²) in [7, 11) is 1.71. The number of nitrogens with zero attached hydrogens (tertiary/aromatic N) is 1. The van der Waals surface area contributed by atoms with Gasteiger partial charge in [-0.2, -0.15) is 0 Å². The molecule has 112 valence electrons. The maximum Gasteiger partial charge on any atom is 0.124 e. The Morgan fingerprint density at radius 1 is 1.25 bits per heavy atom. The van der Waals surface area contributed by atoms with Crippen LogP contribution in [0.4, 0.5) is 0 Å². The summed E-state index contributed by atoms with van der Waals surface area (Å²) in [4.78, 5) is 2.39. The van der Waals surface area contributed by atoms with Gasteiger partial charge in [0.15, 0.2) is 0 Å². The van der Waals surface area contributed by atoms with E-state index in [-0.39, 0.29) is 6.10 Å². The molecular formula is C16H25NO3. The van der Waals surface area contributed by atoms with Gasteiger partial charge in [0.25, 0.3) is 0 Å². The van der Waals surface area contributed by atoms with E-state index in [1.54, 1.807) is 7.11 Å². The van der Waals surface area contributed by atoms with Crippen LogP contribution in [0.1, 0.15) is 25.0 Å². The van der Waals surface area contributed by atoms with Gasteiger partial charge in [-0.25, -0.2) is 0 Å². The molecule has 1 aliphatic heterocycles. The molecule has 2 rings (SSSR count). The van der Waals surface area contributed by atoms with Crippen LogP contribution < -0.4 is 4.74 Å². The highest BCUT2D eigenvalue weighted by Crippen LogP contribution is 2.29. The zero-order chi connectivity index (χ0) is 14.2. The van der Waals surface area contributed by atoms with E-state index in [2.05, 4.69) is 17.9 Å². The molecule has 1 heterocycles. The molecule has 0 saturated carbocycles. The quantitative estimate of drug-likeness (QED) is 0.767. The number of ether oxygens (including phenoxy) is 3. The molecular weight excluding hydrogens is 254 g/mol. The van der Waals surface area contributed by atoms with Crippen LogP contribution in [0.25, 0.3) is 0 Å². The summed E-state index contributed by atoms with van der Waals surface area (Å²) in [5.74, 6) is 0.908. The van der Waals surface area contributed by atoms with Crippen molar-refractivity contribution in [2.45, 2.75) is 19.4 Å². The molecule has 0 aromatic heterocycles. The van der Waals surface area contributed by atoms with Crippen LogP contribution >= 0.6 is 0 Å². The van der Waals surface area contributed by atoms with E-state index in [1.807, 2.05) is 18.2 Å². The summed E-state index contributed by atoms with van der Waals surface area (Å²) in [6, 6.07) is 8.10. The molecule has 1 aliphatic rings. The number of para-hydroxylation sites is 1. The number of benzene rings is 1. The van der Waals surface area contributed by atoms with Crippen LogP contribution in [-0.2, 0) is 9.47 Å². The lowest BCUT2D eigenvalue weighted by atomic mass is 10.1. The van der Waals surface area contributed by atoms with Crippen molar-refractivity contribution in [3.8, 4) is 5.75 Å². The van der Waals surface area contributed by atoms with Gasteiger partial charge in [0, 0.05) is 25.2 Å². The Labute approximate surface area is 121 Å². The Hall–Kier alpha value is -1.10.